The molecule has 1 rings (SSSR count). The van der Waals surface area contributed by atoms with Gasteiger partial charge in [0.2, 0.25) is 0 Å². The molecule has 64 valence electrons. The minimum atomic E-state index is -1.39. The SMILES string of the molecule is C=CC1=C(C=C)S(=O)N(C)C1=O. The third-order valence-corrected chi connectivity index (χ3v) is 3.03. The van der Waals surface area contributed by atoms with Gasteiger partial charge in [-0.1, -0.05) is 25.3 Å². The molecule has 0 N–H and O–H groups in total. The number of hydrogen-bond donors (Lipinski definition) is 0. The predicted octanol–water partition coefficient (Wildman–Crippen LogP) is 0.748. The van der Waals surface area contributed by atoms with Crippen LogP contribution in [0.4, 0.5) is 0 Å². The highest BCUT2D eigenvalue weighted by atomic mass is 32.2. The Morgan fingerprint density at radius 2 is 2.00 bits per heavy atom. The summed E-state index contributed by atoms with van der Waals surface area (Å²) in [4.78, 5) is 11.7. The number of hydrogen-bond acceptors (Lipinski definition) is 2. The van der Waals surface area contributed by atoms with E-state index >= 15 is 0 Å². The Bertz CT molecular complexity index is 287. The molecule has 1 amide bonds. The van der Waals surface area contributed by atoms with E-state index in [1.807, 2.05) is 0 Å². The first kappa shape index (κ1) is 8.93. The molecule has 0 aromatic rings. The molecule has 3 nitrogen and oxygen atoms in total. The van der Waals surface area contributed by atoms with Gasteiger partial charge in [-0.2, -0.15) is 0 Å². The first-order chi connectivity index (χ1) is 5.63. The molecule has 0 spiro atoms. The van der Waals surface area contributed by atoms with Gasteiger partial charge < -0.3 is 0 Å². The number of carbonyl (C=O) groups excluding carboxylic acids is 1. The molecule has 0 aliphatic carbocycles. The molecule has 0 saturated carbocycles. The standard InChI is InChI=1S/C8H9NO2S/c1-4-6-7(5-2)12(11)9(3)8(6)10/h4-5H,1-2H2,3H3. The summed E-state index contributed by atoms with van der Waals surface area (Å²) in [5.41, 5.74) is 0.380. The Hall–Kier alpha value is -1.16. The highest BCUT2D eigenvalue weighted by molar-refractivity contribution is 7.88. The molecule has 0 bridgehead atoms. The van der Waals surface area contributed by atoms with Crippen LogP contribution in [0, 0.1) is 0 Å². The largest absolute Gasteiger partial charge is 0.268 e. The summed E-state index contributed by atoms with van der Waals surface area (Å²) in [6, 6.07) is 0. The summed E-state index contributed by atoms with van der Waals surface area (Å²) < 4.78 is 12.5. The Kier molecular flexibility index (Phi) is 2.28. The van der Waals surface area contributed by atoms with Gasteiger partial charge in [-0.25, -0.2) is 4.21 Å². The second-order valence-electron chi connectivity index (χ2n) is 2.24. The molecule has 0 fully saturated rings. The monoisotopic (exact) mass is 183 g/mol. The van der Waals surface area contributed by atoms with Crippen LogP contribution in [0.3, 0.4) is 0 Å². The maximum atomic E-state index is 11.4. The fourth-order valence-electron chi connectivity index (χ4n) is 0.961. The van der Waals surface area contributed by atoms with E-state index in [1.54, 1.807) is 0 Å². The lowest BCUT2D eigenvalue weighted by atomic mass is 10.2. The first-order valence-electron chi connectivity index (χ1n) is 3.32. The van der Waals surface area contributed by atoms with Crippen LogP contribution in [0.25, 0.3) is 0 Å². The summed E-state index contributed by atoms with van der Waals surface area (Å²) in [5.74, 6) is -0.266. The predicted molar refractivity (Wildman–Crippen MR) is 48.3 cm³/mol. The zero-order chi connectivity index (χ0) is 9.30. The second-order valence-corrected chi connectivity index (χ2v) is 3.72. The number of nitrogens with zero attached hydrogens (tertiary/aromatic N) is 1. The smallest absolute Gasteiger partial charge is 0.266 e. The molecule has 1 unspecified atom stereocenters. The average molecular weight is 183 g/mol. The molecule has 1 heterocycles. The van der Waals surface area contributed by atoms with Crippen molar-refractivity contribution in [2.24, 2.45) is 0 Å². The van der Waals surface area contributed by atoms with Crippen LogP contribution < -0.4 is 0 Å². The molecule has 0 radical (unpaired) electrons. The molecular weight excluding hydrogens is 174 g/mol. The van der Waals surface area contributed by atoms with Crippen LogP contribution in [0.1, 0.15) is 0 Å². The van der Waals surface area contributed by atoms with E-state index in [-0.39, 0.29) is 5.91 Å². The van der Waals surface area contributed by atoms with Crippen molar-refractivity contribution in [2.45, 2.75) is 0 Å². The number of amides is 1. The average Bonchev–Trinajstić information content (AvgIpc) is 2.29. The van der Waals surface area contributed by atoms with Crippen molar-refractivity contribution in [1.29, 1.82) is 0 Å². The van der Waals surface area contributed by atoms with E-state index < -0.39 is 11.0 Å². The van der Waals surface area contributed by atoms with Gasteiger partial charge in [0.1, 0.15) is 0 Å². The van der Waals surface area contributed by atoms with Gasteiger partial charge in [-0.3, -0.25) is 9.10 Å². The number of carbonyl (C=O) groups is 1. The number of allylic oxidation sites excluding steroid dienone is 1. The van der Waals surface area contributed by atoms with E-state index in [9.17, 15) is 9.00 Å². The lowest BCUT2D eigenvalue weighted by Crippen LogP contribution is -2.22. The zero-order valence-corrected chi connectivity index (χ0v) is 7.56. The Balaban J connectivity index is 3.27. The fraction of sp³-hybridized carbons (Fsp3) is 0.125. The van der Waals surface area contributed by atoms with E-state index in [1.165, 1.54) is 19.2 Å². The van der Waals surface area contributed by atoms with Gasteiger partial charge in [-0.05, 0) is 0 Å². The summed E-state index contributed by atoms with van der Waals surface area (Å²) in [5, 5.41) is 0. The Labute approximate surface area is 73.7 Å². The Morgan fingerprint density at radius 1 is 1.42 bits per heavy atom. The van der Waals surface area contributed by atoms with E-state index in [0.29, 0.717) is 10.5 Å². The minimum Gasteiger partial charge on any atom is -0.268 e. The lowest BCUT2D eigenvalue weighted by molar-refractivity contribution is -0.120. The van der Waals surface area contributed by atoms with Crippen molar-refractivity contribution in [2.75, 3.05) is 7.05 Å². The van der Waals surface area contributed by atoms with Crippen molar-refractivity contribution in [3.63, 3.8) is 0 Å². The third kappa shape index (κ3) is 1.04. The topological polar surface area (TPSA) is 37.4 Å². The van der Waals surface area contributed by atoms with Crippen molar-refractivity contribution >= 4 is 16.9 Å². The van der Waals surface area contributed by atoms with Gasteiger partial charge in [0.15, 0.2) is 11.0 Å². The van der Waals surface area contributed by atoms with E-state index in [0.717, 1.165) is 4.31 Å². The fourth-order valence-corrected chi connectivity index (χ4v) is 2.01. The van der Waals surface area contributed by atoms with Crippen LogP contribution >= 0.6 is 0 Å². The van der Waals surface area contributed by atoms with Crippen molar-refractivity contribution < 1.29 is 9.00 Å². The lowest BCUT2D eigenvalue weighted by Gasteiger charge is -2.05. The summed E-state index contributed by atoms with van der Waals surface area (Å²) in [7, 11) is 0.0932. The van der Waals surface area contributed by atoms with Gasteiger partial charge >= 0.3 is 0 Å². The maximum absolute atomic E-state index is 11.4. The van der Waals surface area contributed by atoms with Crippen molar-refractivity contribution in [3.05, 3.63) is 35.8 Å². The summed E-state index contributed by atoms with van der Waals surface area (Å²) in [6.07, 6.45) is 2.83. The van der Waals surface area contributed by atoms with Gasteiger partial charge in [0.25, 0.3) is 5.91 Å². The van der Waals surface area contributed by atoms with Crippen LogP contribution in [-0.4, -0.2) is 21.5 Å². The molecule has 0 saturated heterocycles. The highest BCUT2D eigenvalue weighted by Gasteiger charge is 2.30. The van der Waals surface area contributed by atoms with Crippen molar-refractivity contribution in [1.82, 2.24) is 4.31 Å². The third-order valence-electron chi connectivity index (χ3n) is 1.61. The summed E-state index contributed by atoms with van der Waals surface area (Å²) >= 11 is 0. The van der Waals surface area contributed by atoms with Crippen molar-refractivity contribution in [3.8, 4) is 0 Å². The second kappa shape index (κ2) is 3.06. The van der Waals surface area contributed by atoms with Crippen LogP contribution in [-0.2, 0) is 15.8 Å². The van der Waals surface area contributed by atoms with Crippen LogP contribution in [0.15, 0.2) is 35.8 Å². The molecule has 0 aromatic heterocycles. The highest BCUT2D eigenvalue weighted by Crippen LogP contribution is 2.23. The first-order valence-corrected chi connectivity index (χ1v) is 4.43. The normalized spacial score (nSPS) is 23.2. The number of rotatable bonds is 2. The molecule has 0 aromatic carbocycles. The Morgan fingerprint density at radius 3 is 2.33 bits per heavy atom. The molecule has 1 aliphatic heterocycles. The number of likely N-dealkylation sites (N-methyl/N-ethyl adjacent to an activating group) is 1. The maximum Gasteiger partial charge on any atom is 0.266 e. The molecule has 12 heavy (non-hydrogen) atoms. The minimum absolute atomic E-state index is 0.266. The van der Waals surface area contributed by atoms with Crippen LogP contribution in [0.2, 0.25) is 0 Å². The quantitative estimate of drug-likeness (QED) is 0.633. The van der Waals surface area contributed by atoms with Crippen LogP contribution in [0.5, 0.6) is 0 Å². The molecule has 4 heteroatoms. The molecular formula is C8H9NO2S. The van der Waals surface area contributed by atoms with Gasteiger partial charge in [-0.15, -0.1) is 0 Å². The summed E-state index contributed by atoms with van der Waals surface area (Å²) in [6.45, 7) is 6.96. The van der Waals surface area contributed by atoms with Gasteiger partial charge in [0.05, 0.1) is 10.5 Å². The van der Waals surface area contributed by atoms with E-state index in [4.69, 9.17) is 0 Å². The zero-order valence-electron chi connectivity index (χ0n) is 6.74. The van der Waals surface area contributed by atoms with Gasteiger partial charge in [0, 0.05) is 7.05 Å². The van der Waals surface area contributed by atoms with E-state index in [2.05, 4.69) is 13.2 Å². The molecule has 1 aliphatic rings. The molecule has 1 atom stereocenters.